The van der Waals surface area contributed by atoms with Gasteiger partial charge in [0.15, 0.2) is 0 Å². The second-order valence-corrected chi connectivity index (χ2v) is 5.56. The predicted octanol–water partition coefficient (Wildman–Crippen LogP) is 2.45. The van der Waals surface area contributed by atoms with Crippen LogP contribution in [-0.4, -0.2) is 56.6 Å². The van der Waals surface area contributed by atoms with Gasteiger partial charge in [0.05, 0.1) is 7.11 Å². The van der Waals surface area contributed by atoms with Gasteiger partial charge >= 0.3 is 0 Å². The summed E-state index contributed by atoms with van der Waals surface area (Å²) in [5.74, 6) is 2.38. The van der Waals surface area contributed by atoms with Gasteiger partial charge in [0, 0.05) is 13.1 Å². The van der Waals surface area contributed by atoms with E-state index in [0.717, 1.165) is 17.2 Å². The molecule has 1 atom stereocenters. The van der Waals surface area contributed by atoms with Crippen LogP contribution in [-0.2, 0) is 0 Å². The lowest BCUT2D eigenvalue weighted by atomic mass is 10.3. The van der Waals surface area contributed by atoms with Crippen LogP contribution < -0.4 is 14.2 Å². The van der Waals surface area contributed by atoms with E-state index >= 15 is 0 Å². The third-order valence-corrected chi connectivity index (χ3v) is 3.51. The van der Waals surface area contributed by atoms with E-state index in [4.69, 9.17) is 14.2 Å². The first-order valence-corrected chi connectivity index (χ1v) is 7.98. The summed E-state index contributed by atoms with van der Waals surface area (Å²) in [7, 11) is 3.58. The Morgan fingerprint density at radius 2 is 1.54 bits per heavy atom. The summed E-state index contributed by atoms with van der Waals surface area (Å²) in [6.07, 6.45) is -0.545. The molecule has 0 saturated carbocycles. The Morgan fingerprint density at radius 3 is 2.21 bits per heavy atom. The molecule has 0 aromatic heterocycles. The summed E-state index contributed by atoms with van der Waals surface area (Å²) in [5, 5.41) is 10.0. The summed E-state index contributed by atoms with van der Waals surface area (Å²) in [5.41, 5.74) is 0. The van der Waals surface area contributed by atoms with Gasteiger partial charge in [-0.1, -0.05) is 18.2 Å². The van der Waals surface area contributed by atoms with Crippen molar-refractivity contribution >= 4 is 0 Å². The van der Waals surface area contributed by atoms with Crippen molar-refractivity contribution in [2.24, 2.45) is 0 Å². The third kappa shape index (κ3) is 6.48. The summed E-state index contributed by atoms with van der Waals surface area (Å²) >= 11 is 0. The van der Waals surface area contributed by atoms with Crippen molar-refractivity contribution in [3.8, 4) is 17.2 Å². The fourth-order valence-electron chi connectivity index (χ4n) is 2.20. The van der Waals surface area contributed by atoms with E-state index in [1.54, 1.807) is 7.11 Å². The maximum absolute atomic E-state index is 10.0. The Bertz CT molecular complexity index is 574. The first-order chi connectivity index (χ1) is 11.7. The van der Waals surface area contributed by atoms with Crippen molar-refractivity contribution in [3.05, 3.63) is 54.6 Å². The van der Waals surface area contributed by atoms with Crippen LogP contribution in [0.4, 0.5) is 0 Å². The van der Waals surface area contributed by atoms with Crippen molar-refractivity contribution < 1.29 is 19.3 Å². The number of para-hydroxylation sites is 1. The van der Waals surface area contributed by atoms with E-state index in [1.807, 2.05) is 66.5 Å². The second-order valence-electron chi connectivity index (χ2n) is 5.56. The largest absolute Gasteiger partial charge is 0.497 e. The van der Waals surface area contributed by atoms with Gasteiger partial charge in [0.25, 0.3) is 0 Å². The average Bonchev–Trinajstić information content (AvgIpc) is 2.61. The van der Waals surface area contributed by atoms with Crippen LogP contribution in [0.1, 0.15) is 0 Å². The van der Waals surface area contributed by atoms with Crippen LogP contribution in [0.15, 0.2) is 54.6 Å². The molecule has 2 aromatic rings. The highest BCUT2D eigenvalue weighted by Gasteiger charge is 2.09. The van der Waals surface area contributed by atoms with Gasteiger partial charge in [0.1, 0.15) is 36.6 Å². The number of hydrogen-bond donors (Lipinski definition) is 1. The Kier molecular flexibility index (Phi) is 7.39. The third-order valence-electron chi connectivity index (χ3n) is 3.51. The first kappa shape index (κ1) is 18.1. The molecule has 0 aliphatic heterocycles. The Balaban J connectivity index is 1.62. The van der Waals surface area contributed by atoms with Crippen molar-refractivity contribution in [1.29, 1.82) is 0 Å². The summed E-state index contributed by atoms with van der Waals surface area (Å²) < 4.78 is 16.3. The number of aliphatic hydroxyl groups is 1. The van der Waals surface area contributed by atoms with Gasteiger partial charge in [0.2, 0.25) is 0 Å². The smallest absolute Gasteiger partial charge is 0.119 e. The van der Waals surface area contributed by atoms with E-state index in [9.17, 15) is 5.11 Å². The van der Waals surface area contributed by atoms with E-state index in [1.165, 1.54) is 0 Å². The molecule has 0 aliphatic rings. The van der Waals surface area contributed by atoms with Gasteiger partial charge in [-0.25, -0.2) is 0 Å². The van der Waals surface area contributed by atoms with Crippen LogP contribution >= 0.6 is 0 Å². The summed E-state index contributed by atoms with van der Waals surface area (Å²) in [6.45, 7) is 2.07. The van der Waals surface area contributed by atoms with Crippen molar-refractivity contribution in [3.63, 3.8) is 0 Å². The number of ether oxygens (including phenoxy) is 3. The number of nitrogens with zero attached hydrogens (tertiary/aromatic N) is 1. The first-order valence-electron chi connectivity index (χ1n) is 7.98. The maximum atomic E-state index is 10.0. The molecule has 130 valence electrons. The van der Waals surface area contributed by atoms with Crippen LogP contribution in [0.25, 0.3) is 0 Å². The fourth-order valence-corrected chi connectivity index (χ4v) is 2.20. The number of aliphatic hydroxyl groups excluding tert-OH is 1. The summed E-state index contributed by atoms with van der Waals surface area (Å²) in [4.78, 5) is 2.02. The van der Waals surface area contributed by atoms with Gasteiger partial charge in [-0.15, -0.1) is 0 Å². The molecule has 5 heteroatoms. The molecule has 2 aromatic carbocycles. The maximum Gasteiger partial charge on any atom is 0.119 e. The molecule has 1 unspecified atom stereocenters. The number of benzene rings is 2. The highest BCUT2D eigenvalue weighted by Crippen LogP contribution is 2.16. The molecule has 1 N–H and O–H groups in total. The average molecular weight is 331 g/mol. The van der Waals surface area contributed by atoms with Crippen molar-refractivity contribution in [2.75, 3.05) is 40.5 Å². The number of rotatable bonds is 10. The Labute approximate surface area is 143 Å². The molecule has 0 saturated heterocycles. The highest BCUT2D eigenvalue weighted by molar-refractivity contribution is 5.31. The molecule has 0 heterocycles. The van der Waals surface area contributed by atoms with Crippen molar-refractivity contribution in [1.82, 2.24) is 4.90 Å². The monoisotopic (exact) mass is 331 g/mol. The lowest BCUT2D eigenvalue weighted by molar-refractivity contribution is 0.0723. The second kappa shape index (κ2) is 9.80. The molecule has 0 fully saturated rings. The summed E-state index contributed by atoms with van der Waals surface area (Å²) in [6, 6.07) is 17.0. The zero-order chi connectivity index (χ0) is 17.2. The highest BCUT2D eigenvalue weighted by atomic mass is 16.5. The lowest BCUT2D eigenvalue weighted by Crippen LogP contribution is -2.35. The van der Waals surface area contributed by atoms with Crippen molar-refractivity contribution in [2.45, 2.75) is 6.10 Å². The molecular weight excluding hydrogens is 306 g/mol. The topological polar surface area (TPSA) is 51.2 Å². The van der Waals surface area contributed by atoms with Gasteiger partial charge < -0.3 is 24.2 Å². The lowest BCUT2D eigenvalue weighted by Gasteiger charge is -2.21. The number of likely N-dealkylation sites (N-methyl/N-ethyl adjacent to an activating group) is 1. The predicted molar refractivity (Wildman–Crippen MR) is 93.9 cm³/mol. The van der Waals surface area contributed by atoms with Gasteiger partial charge in [-0.05, 0) is 43.4 Å². The Hall–Kier alpha value is -2.24. The molecule has 0 bridgehead atoms. The normalized spacial score (nSPS) is 12.0. The fraction of sp³-hybridized carbons (Fsp3) is 0.368. The number of hydrogen-bond acceptors (Lipinski definition) is 5. The van der Waals surface area contributed by atoms with E-state index in [2.05, 4.69) is 0 Å². The zero-order valence-electron chi connectivity index (χ0n) is 14.2. The number of methoxy groups -OCH3 is 1. The standard InChI is InChI=1S/C19H25NO4/c1-20(12-13-23-19-10-8-17(22-2)9-11-19)14-16(21)15-24-18-6-4-3-5-7-18/h3-11,16,21H,12-15H2,1-2H3. The quantitative estimate of drug-likeness (QED) is 0.725. The zero-order valence-corrected chi connectivity index (χ0v) is 14.2. The molecule has 0 radical (unpaired) electrons. The van der Waals surface area contributed by atoms with Gasteiger partial charge in [-0.2, -0.15) is 0 Å². The molecule has 0 spiro atoms. The van der Waals surface area contributed by atoms with Crippen LogP contribution in [0.5, 0.6) is 17.2 Å². The minimum Gasteiger partial charge on any atom is -0.497 e. The minimum absolute atomic E-state index is 0.272. The molecule has 24 heavy (non-hydrogen) atoms. The molecule has 5 nitrogen and oxygen atoms in total. The van der Waals surface area contributed by atoms with Crippen LogP contribution in [0, 0.1) is 0 Å². The van der Waals surface area contributed by atoms with E-state index < -0.39 is 6.10 Å². The molecule has 0 amide bonds. The van der Waals surface area contributed by atoms with E-state index in [0.29, 0.717) is 19.7 Å². The van der Waals surface area contributed by atoms with Crippen LogP contribution in [0.2, 0.25) is 0 Å². The molecule has 2 rings (SSSR count). The van der Waals surface area contributed by atoms with E-state index in [-0.39, 0.29) is 6.61 Å². The van der Waals surface area contributed by atoms with Gasteiger partial charge in [-0.3, -0.25) is 0 Å². The Morgan fingerprint density at radius 1 is 0.917 bits per heavy atom. The minimum atomic E-state index is -0.545. The SMILES string of the molecule is COc1ccc(OCCN(C)CC(O)COc2ccccc2)cc1. The molecular formula is C19H25NO4. The molecule has 0 aliphatic carbocycles. The van der Waals surface area contributed by atoms with Crippen LogP contribution in [0.3, 0.4) is 0 Å².